The number of ether oxygens (including phenoxy) is 1. The molecule has 0 aromatic heterocycles. The van der Waals surface area contributed by atoms with E-state index in [4.69, 9.17) is 5.11 Å². The third kappa shape index (κ3) is 5.20. The van der Waals surface area contributed by atoms with Gasteiger partial charge in [-0.1, -0.05) is 19.3 Å². The van der Waals surface area contributed by atoms with Crippen LogP contribution in [-0.2, 0) is 14.3 Å². The molecule has 1 aliphatic carbocycles. The van der Waals surface area contributed by atoms with Crippen molar-refractivity contribution in [1.82, 2.24) is 0 Å². The number of carbonyl (C=O) groups excluding carboxylic acids is 1. The van der Waals surface area contributed by atoms with E-state index >= 15 is 0 Å². The van der Waals surface area contributed by atoms with Gasteiger partial charge in [-0.25, -0.2) is 0 Å². The topological polar surface area (TPSA) is 63.6 Å². The van der Waals surface area contributed by atoms with Crippen molar-refractivity contribution in [3.05, 3.63) is 12.3 Å². The molecule has 0 radical (unpaired) electrons. The molecule has 0 aromatic rings. The largest absolute Gasteiger partial charge is 0.481 e. The quantitative estimate of drug-likeness (QED) is 0.440. The molecule has 0 aliphatic heterocycles. The maximum atomic E-state index is 10.8. The molecule has 0 heterocycles. The van der Waals surface area contributed by atoms with Gasteiger partial charge in [0, 0.05) is 0 Å². The molecule has 0 spiro atoms. The van der Waals surface area contributed by atoms with Crippen LogP contribution >= 0.6 is 0 Å². The van der Waals surface area contributed by atoms with Crippen molar-refractivity contribution in [2.45, 2.75) is 38.5 Å². The number of carboxylic acids is 1. The molecule has 0 aromatic carbocycles. The van der Waals surface area contributed by atoms with Gasteiger partial charge in [-0.2, -0.15) is 0 Å². The number of hydrogen-bond donors (Lipinski definition) is 1. The van der Waals surface area contributed by atoms with Crippen molar-refractivity contribution in [3.63, 3.8) is 0 Å². The van der Waals surface area contributed by atoms with Gasteiger partial charge < -0.3 is 9.84 Å². The van der Waals surface area contributed by atoms with Crippen molar-refractivity contribution < 1.29 is 19.4 Å². The number of carboxylic acid groups (broad SMARTS) is 1. The Bertz CT molecular complexity index is 251. The van der Waals surface area contributed by atoms with Crippen LogP contribution in [0.3, 0.4) is 0 Å². The van der Waals surface area contributed by atoms with E-state index in [9.17, 15) is 9.59 Å². The van der Waals surface area contributed by atoms with E-state index in [0.717, 1.165) is 12.8 Å². The Morgan fingerprint density at radius 1 is 1.27 bits per heavy atom. The van der Waals surface area contributed by atoms with Crippen LogP contribution in [-0.4, -0.2) is 17.0 Å². The van der Waals surface area contributed by atoms with Gasteiger partial charge in [0.25, 0.3) is 0 Å². The number of aliphatic carboxylic acids is 1. The van der Waals surface area contributed by atoms with Gasteiger partial charge >= 0.3 is 11.9 Å². The summed E-state index contributed by atoms with van der Waals surface area (Å²) in [6.45, 7) is 0. The third-order valence-electron chi connectivity index (χ3n) is 2.50. The normalized spacial score (nSPS) is 17.9. The molecule has 0 atom stereocenters. The molecule has 1 N–H and O–H groups in total. The summed E-state index contributed by atoms with van der Waals surface area (Å²) in [7, 11) is 0. The molecule has 84 valence electrons. The molecule has 1 rings (SSSR count). The van der Waals surface area contributed by atoms with Gasteiger partial charge in [0.05, 0.1) is 6.26 Å². The molecule has 0 amide bonds. The molecule has 1 saturated carbocycles. The lowest BCUT2D eigenvalue weighted by atomic mass is 9.89. The SMILES string of the molecule is O=C(O)CC(=O)OC=CC1CCCCC1. The summed E-state index contributed by atoms with van der Waals surface area (Å²) in [5.41, 5.74) is 0. The van der Waals surface area contributed by atoms with Gasteiger partial charge in [-0.3, -0.25) is 9.59 Å². The fourth-order valence-corrected chi connectivity index (χ4v) is 1.72. The lowest BCUT2D eigenvalue weighted by Crippen LogP contribution is -2.08. The Balaban J connectivity index is 2.20. The molecular weight excluding hydrogens is 196 g/mol. The first kappa shape index (κ1) is 11.8. The molecule has 1 fully saturated rings. The molecule has 4 nitrogen and oxygen atoms in total. The first-order valence-electron chi connectivity index (χ1n) is 5.26. The first-order chi connectivity index (χ1) is 7.18. The van der Waals surface area contributed by atoms with E-state index in [1.165, 1.54) is 25.5 Å². The van der Waals surface area contributed by atoms with Crippen molar-refractivity contribution in [3.8, 4) is 0 Å². The van der Waals surface area contributed by atoms with E-state index in [2.05, 4.69) is 4.74 Å². The van der Waals surface area contributed by atoms with Crippen molar-refractivity contribution in [2.24, 2.45) is 5.92 Å². The van der Waals surface area contributed by atoms with Crippen molar-refractivity contribution >= 4 is 11.9 Å². The molecule has 4 heteroatoms. The summed E-state index contributed by atoms with van der Waals surface area (Å²) in [5.74, 6) is -1.39. The van der Waals surface area contributed by atoms with E-state index in [1.54, 1.807) is 0 Å². The lowest BCUT2D eigenvalue weighted by Gasteiger charge is -2.17. The highest BCUT2D eigenvalue weighted by molar-refractivity contribution is 5.90. The summed E-state index contributed by atoms with van der Waals surface area (Å²) in [6.07, 6.45) is 8.61. The second-order valence-electron chi connectivity index (χ2n) is 3.79. The molecule has 0 bridgehead atoms. The number of hydrogen-bond acceptors (Lipinski definition) is 3. The minimum absolute atomic E-state index is 0.483. The second-order valence-corrected chi connectivity index (χ2v) is 3.79. The zero-order valence-electron chi connectivity index (χ0n) is 8.65. The molecular formula is C11H16O4. The van der Waals surface area contributed by atoms with Crippen LogP contribution in [0.4, 0.5) is 0 Å². The van der Waals surface area contributed by atoms with Crippen LogP contribution in [0.15, 0.2) is 12.3 Å². The average Bonchev–Trinajstić information content (AvgIpc) is 2.18. The number of esters is 1. The first-order valence-corrected chi connectivity index (χ1v) is 5.26. The van der Waals surface area contributed by atoms with E-state index < -0.39 is 18.4 Å². The van der Waals surface area contributed by atoms with Crippen LogP contribution in [0.5, 0.6) is 0 Å². The molecule has 0 unspecified atom stereocenters. The Kier molecular flexibility index (Phi) is 4.87. The van der Waals surface area contributed by atoms with Gasteiger partial charge in [-0.15, -0.1) is 0 Å². The third-order valence-corrected chi connectivity index (χ3v) is 2.50. The predicted molar refractivity (Wildman–Crippen MR) is 54.1 cm³/mol. The highest BCUT2D eigenvalue weighted by Crippen LogP contribution is 2.24. The zero-order valence-corrected chi connectivity index (χ0v) is 8.65. The summed E-state index contributed by atoms with van der Waals surface area (Å²) < 4.78 is 4.66. The Morgan fingerprint density at radius 2 is 1.93 bits per heavy atom. The minimum atomic E-state index is -1.16. The van der Waals surface area contributed by atoms with E-state index in [0.29, 0.717) is 5.92 Å². The highest BCUT2D eigenvalue weighted by atomic mass is 16.5. The van der Waals surface area contributed by atoms with E-state index in [1.807, 2.05) is 6.08 Å². The Hall–Kier alpha value is -1.32. The fourth-order valence-electron chi connectivity index (χ4n) is 1.72. The molecule has 15 heavy (non-hydrogen) atoms. The average molecular weight is 212 g/mol. The van der Waals surface area contributed by atoms with Gasteiger partial charge in [0.15, 0.2) is 0 Å². The number of carbonyl (C=O) groups is 2. The number of allylic oxidation sites excluding steroid dienone is 1. The van der Waals surface area contributed by atoms with E-state index in [-0.39, 0.29) is 0 Å². The summed E-state index contributed by atoms with van der Waals surface area (Å²) in [4.78, 5) is 21.0. The standard InChI is InChI=1S/C11H16O4/c12-10(13)8-11(14)15-7-6-9-4-2-1-3-5-9/h6-7,9H,1-5,8H2,(H,12,13). The van der Waals surface area contributed by atoms with Crippen LogP contribution in [0, 0.1) is 5.92 Å². The van der Waals surface area contributed by atoms with Crippen molar-refractivity contribution in [1.29, 1.82) is 0 Å². The van der Waals surface area contributed by atoms with Crippen molar-refractivity contribution in [2.75, 3.05) is 0 Å². The summed E-state index contributed by atoms with van der Waals surface area (Å²) in [6, 6.07) is 0. The minimum Gasteiger partial charge on any atom is -0.481 e. The predicted octanol–water partition coefficient (Wildman–Crippen LogP) is 2.10. The second kappa shape index (κ2) is 6.22. The monoisotopic (exact) mass is 212 g/mol. The highest BCUT2D eigenvalue weighted by Gasteiger charge is 2.11. The van der Waals surface area contributed by atoms with Crippen LogP contribution < -0.4 is 0 Å². The lowest BCUT2D eigenvalue weighted by molar-refractivity contribution is -0.147. The van der Waals surface area contributed by atoms with Crippen LogP contribution in [0.1, 0.15) is 38.5 Å². The Labute approximate surface area is 88.9 Å². The number of rotatable bonds is 4. The van der Waals surface area contributed by atoms with Crippen LogP contribution in [0.2, 0.25) is 0 Å². The van der Waals surface area contributed by atoms with Gasteiger partial charge in [0.2, 0.25) is 0 Å². The maximum absolute atomic E-state index is 10.8. The fraction of sp³-hybridized carbons (Fsp3) is 0.636. The summed E-state index contributed by atoms with van der Waals surface area (Å²) >= 11 is 0. The smallest absolute Gasteiger partial charge is 0.321 e. The Morgan fingerprint density at radius 3 is 2.53 bits per heavy atom. The summed E-state index contributed by atoms with van der Waals surface area (Å²) in [5, 5.41) is 8.31. The van der Waals surface area contributed by atoms with Gasteiger partial charge in [0.1, 0.15) is 6.42 Å². The molecule has 0 saturated heterocycles. The van der Waals surface area contributed by atoms with Crippen LogP contribution in [0.25, 0.3) is 0 Å². The van der Waals surface area contributed by atoms with Gasteiger partial charge in [-0.05, 0) is 24.8 Å². The molecule has 1 aliphatic rings. The maximum Gasteiger partial charge on any atom is 0.321 e. The zero-order chi connectivity index (χ0) is 11.1.